The van der Waals surface area contributed by atoms with E-state index >= 15 is 0 Å². The summed E-state index contributed by atoms with van der Waals surface area (Å²) in [5.74, 6) is -0.495. The maximum atomic E-state index is 13.6. The Morgan fingerprint density at radius 2 is 1.88 bits per heavy atom. The molecule has 0 aliphatic rings. The monoisotopic (exact) mass is 354 g/mol. The fourth-order valence-electron chi connectivity index (χ4n) is 1.41. The molecule has 0 saturated heterocycles. The first-order chi connectivity index (χ1) is 7.43. The molecule has 1 rings (SSSR count). The second kappa shape index (κ2) is 6.10. The van der Waals surface area contributed by atoms with Gasteiger partial charge in [0.2, 0.25) is 0 Å². The molecule has 0 amide bonds. The highest BCUT2D eigenvalue weighted by Crippen LogP contribution is 2.25. The Labute approximate surface area is 112 Å². The minimum atomic E-state index is -0.483. The molecule has 0 saturated carbocycles. The summed E-state index contributed by atoms with van der Waals surface area (Å²) in [7, 11) is 0. The average Bonchev–Trinajstić information content (AvgIpc) is 2.23. The first kappa shape index (κ1) is 14.1. The van der Waals surface area contributed by atoms with Gasteiger partial charge in [-0.2, -0.15) is 0 Å². The third-order valence-corrected chi connectivity index (χ3v) is 4.66. The number of benzene rings is 1. The van der Waals surface area contributed by atoms with Crippen molar-refractivity contribution >= 4 is 31.9 Å². The summed E-state index contributed by atoms with van der Waals surface area (Å²) in [5, 5.41) is 0. The van der Waals surface area contributed by atoms with Crippen LogP contribution in [-0.2, 0) is 6.42 Å². The summed E-state index contributed by atoms with van der Waals surface area (Å²) in [6.07, 6.45) is 1.13. The van der Waals surface area contributed by atoms with Crippen LogP contribution >= 0.6 is 31.9 Å². The molecule has 1 aromatic carbocycles. The van der Waals surface area contributed by atoms with Crippen molar-refractivity contribution in [3.05, 3.63) is 33.8 Å². The molecular formula is C12H14Br2F2. The Balaban J connectivity index is 2.77. The molecule has 0 N–H and O–H groups in total. The van der Waals surface area contributed by atoms with Gasteiger partial charge < -0.3 is 0 Å². The molecule has 0 heterocycles. The zero-order chi connectivity index (χ0) is 12.3. The molecule has 0 spiro atoms. The molecule has 0 aromatic heterocycles. The van der Waals surface area contributed by atoms with Crippen LogP contribution in [0.15, 0.2) is 16.6 Å². The minimum absolute atomic E-state index is 0.166. The standard InChI is InChI=1S/C12H14Br2F2/c1-7(2)9(13)4-3-8-11(15)6-5-10(14)12(8)16/h5-7,9H,3-4H2,1-2H3. The van der Waals surface area contributed by atoms with E-state index in [1.165, 1.54) is 12.1 Å². The lowest BCUT2D eigenvalue weighted by Crippen LogP contribution is -2.09. The molecule has 0 aliphatic carbocycles. The molecule has 0 aliphatic heterocycles. The number of alkyl halides is 1. The Bertz CT molecular complexity index is 364. The van der Waals surface area contributed by atoms with E-state index in [2.05, 4.69) is 45.7 Å². The van der Waals surface area contributed by atoms with Gasteiger partial charge in [-0.25, -0.2) is 8.78 Å². The van der Waals surface area contributed by atoms with E-state index in [0.717, 1.165) is 6.42 Å². The Morgan fingerprint density at radius 3 is 2.44 bits per heavy atom. The first-order valence-corrected chi connectivity index (χ1v) is 6.90. The van der Waals surface area contributed by atoms with E-state index in [1.807, 2.05) is 0 Å². The van der Waals surface area contributed by atoms with Crippen LogP contribution in [0, 0.1) is 17.6 Å². The lowest BCUT2D eigenvalue weighted by Gasteiger charge is -2.14. The van der Waals surface area contributed by atoms with Crippen molar-refractivity contribution in [1.29, 1.82) is 0 Å². The molecule has 1 atom stereocenters. The van der Waals surface area contributed by atoms with Gasteiger partial charge in [0.1, 0.15) is 11.6 Å². The quantitative estimate of drug-likeness (QED) is 0.522. The highest BCUT2D eigenvalue weighted by molar-refractivity contribution is 9.10. The van der Waals surface area contributed by atoms with Crippen LogP contribution < -0.4 is 0 Å². The minimum Gasteiger partial charge on any atom is -0.207 e. The SMILES string of the molecule is CC(C)C(Br)CCc1c(F)ccc(Br)c1F. The summed E-state index contributed by atoms with van der Waals surface area (Å²) >= 11 is 6.57. The zero-order valence-electron chi connectivity index (χ0n) is 9.24. The highest BCUT2D eigenvalue weighted by Gasteiger charge is 2.15. The van der Waals surface area contributed by atoms with Crippen molar-refractivity contribution in [3.63, 3.8) is 0 Å². The molecule has 4 heteroatoms. The smallest absolute Gasteiger partial charge is 0.143 e. The van der Waals surface area contributed by atoms with Crippen molar-refractivity contribution in [2.45, 2.75) is 31.5 Å². The highest BCUT2D eigenvalue weighted by atomic mass is 79.9. The van der Waals surface area contributed by atoms with E-state index in [0.29, 0.717) is 16.8 Å². The summed E-state index contributed by atoms with van der Waals surface area (Å²) in [6, 6.07) is 2.68. The first-order valence-electron chi connectivity index (χ1n) is 5.20. The van der Waals surface area contributed by atoms with E-state index in [1.54, 1.807) is 0 Å². The van der Waals surface area contributed by atoms with Crippen molar-refractivity contribution in [1.82, 2.24) is 0 Å². The molecule has 0 nitrogen and oxygen atoms in total. The molecule has 16 heavy (non-hydrogen) atoms. The molecule has 0 bridgehead atoms. The fraction of sp³-hybridized carbons (Fsp3) is 0.500. The fourth-order valence-corrected chi connectivity index (χ4v) is 2.01. The van der Waals surface area contributed by atoms with E-state index in [-0.39, 0.29) is 10.4 Å². The lowest BCUT2D eigenvalue weighted by atomic mass is 10.0. The van der Waals surface area contributed by atoms with Crippen LogP contribution in [0.2, 0.25) is 0 Å². The Morgan fingerprint density at radius 1 is 1.25 bits per heavy atom. The predicted octanol–water partition coefficient (Wildman–Crippen LogP) is 5.08. The van der Waals surface area contributed by atoms with Gasteiger partial charge >= 0.3 is 0 Å². The van der Waals surface area contributed by atoms with Crippen LogP contribution in [0.3, 0.4) is 0 Å². The van der Waals surface area contributed by atoms with Crippen LogP contribution in [-0.4, -0.2) is 4.83 Å². The summed E-state index contributed by atoms with van der Waals surface area (Å²) < 4.78 is 27.3. The molecular weight excluding hydrogens is 342 g/mol. The van der Waals surface area contributed by atoms with Gasteiger partial charge in [-0.05, 0) is 46.8 Å². The second-order valence-electron chi connectivity index (χ2n) is 4.12. The van der Waals surface area contributed by atoms with Gasteiger partial charge in [0, 0.05) is 10.4 Å². The van der Waals surface area contributed by atoms with Crippen LogP contribution in [0.1, 0.15) is 25.8 Å². The van der Waals surface area contributed by atoms with Gasteiger partial charge in [-0.1, -0.05) is 29.8 Å². The van der Waals surface area contributed by atoms with Gasteiger partial charge in [0.15, 0.2) is 0 Å². The third kappa shape index (κ3) is 3.52. The average molecular weight is 356 g/mol. The van der Waals surface area contributed by atoms with Crippen LogP contribution in [0.5, 0.6) is 0 Å². The van der Waals surface area contributed by atoms with Gasteiger partial charge in [-0.15, -0.1) is 0 Å². The molecule has 90 valence electrons. The molecule has 1 unspecified atom stereocenters. The number of hydrogen-bond acceptors (Lipinski definition) is 0. The van der Waals surface area contributed by atoms with Gasteiger partial charge in [-0.3, -0.25) is 0 Å². The Hall–Kier alpha value is 0.0400. The zero-order valence-corrected chi connectivity index (χ0v) is 12.4. The van der Waals surface area contributed by atoms with Crippen molar-refractivity contribution in [2.24, 2.45) is 5.92 Å². The van der Waals surface area contributed by atoms with Gasteiger partial charge in [0.05, 0.1) is 4.47 Å². The maximum absolute atomic E-state index is 13.6. The van der Waals surface area contributed by atoms with Crippen molar-refractivity contribution in [3.8, 4) is 0 Å². The second-order valence-corrected chi connectivity index (χ2v) is 6.15. The maximum Gasteiger partial charge on any atom is 0.143 e. The normalized spacial score (nSPS) is 13.2. The third-order valence-electron chi connectivity index (χ3n) is 2.53. The Kier molecular flexibility index (Phi) is 5.38. The predicted molar refractivity (Wildman–Crippen MR) is 69.9 cm³/mol. The topological polar surface area (TPSA) is 0 Å². The number of hydrogen-bond donors (Lipinski definition) is 0. The van der Waals surface area contributed by atoms with Gasteiger partial charge in [0.25, 0.3) is 0 Å². The summed E-state index contributed by atoms with van der Waals surface area (Å²) in [6.45, 7) is 4.15. The lowest BCUT2D eigenvalue weighted by molar-refractivity contribution is 0.527. The molecule has 0 radical (unpaired) electrons. The number of rotatable bonds is 4. The molecule has 0 fully saturated rings. The van der Waals surface area contributed by atoms with E-state index in [4.69, 9.17) is 0 Å². The molecule has 1 aromatic rings. The van der Waals surface area contributed by atoms with Crippen molar-refractivity contribution < 1.29 is 8.78 Å². The van der Waals surface area contributed by atoms with E-state index < -0.39 is 11.6 Å². The van der Waals surface area contributed by atoms with Crippen LogP contribution in [0.25, 0.3) is 0 Å². The van der Waals surface area contributed by atoms with Crippen LogP contribution in [0.4, 0.5) is 8.78 Å². The number of halogens is 4. The largest absolute Gasteiger partial charge is 0.207 e. The summed E-state index contributed by atoms with van der Waals surface area (Å²) in [5.41, 5.74) is 0.166. The van der Waals surface area contributed by atoms with Crippen molar-refractivity contribution in [2.75, 3.05) is 0 Å². The van der Waals surface area contributed by atoms with E-state index in [9.17, 15) is 8.78 Å². The summed E-state index contributed by atoms with van der Waals surface area (Å²) in [4.78, 5) is 0.283.